The van der Waals surface area contributed by atoms with Crippen LogP contribution in [0.1, 0.15) is 37.8 Å². The number of anilines is 2. The number of hydrogen-bond acceptors (Lipinski definition) is 2. The second-order valence-corrected chi connectivity index (χ2v) is 13.2. The topological polar surface area (TPSA) is 29.3 Å². The molecule has 1 aliphatic carbocycles. The molecule has 53 heavy (non-hydrogen) atoms. The van der Waals surface area contributed by atoms with E-state index in [0.717, 1.165) is 24.0 Å². The maximum absolute atomic E-state index is 5.95. The Hall–Kier alpha value is -6.38. The summed E-state index contributed by atoms with van der Waals surface area (Å²) in [5.74, 6) is 0. The molecule has 7 aromatic rings. The van der Waals surface area contributed by atoms with Crippen molar-refractivity contribution in [2.24, 2.45) is 5.73 Å². The van der Waals surface area contributed by atoms with Crippen LogP contribution in [0.5, 0.6) is 0 Å². The van der Waals surface area contributed by atoms with Gasteiger partial charge in [-0.05, 0) is 87.5 Å². The molecule has 1 aliphatic heterocycles. The molecule has 0 aromatic heterocycles. The number of allylic oxidation sites excluding steroid dienone is 7. The van der Waals surface area contributed by atoms with E-state index < -0.39 is 0 Å². The van der Waals surface area contributed by atoms with Gasteiger partial charge in [-0.2, -0.15) is 0 Å². The van der Waals surface area contributed by atoms with Gasteiger partial charge in [0.25, 0.3) is 0 Å². The normalized spacial score (nSPS) is 13.3. The van der Waals surface area contributed by atoms with E-state index in [4.69, 9.17) is 5.73 Å². The lowest BCUT2D eigenvalue weighted by Gasteiger charge is -2.36. The second kappa shape index (κ2) is 16.3. The molecular weight excluding hydrogens is 641 g/mol. The van der Waals surface area contributed by atoms with Crippen molar-refractivity contribution in [1.29, 1.82) is 0 Å². The smallest absolute Gasteiger partial charge is 0.0543 e. The fourth-order valence-corrected chi connectivity index (χ4v) is 7.38. The maximum atomic E-state index is 5.95. The van der Waals surface area contributed by atoms with Gasteiger partial charge in [0.2, 0.25) is 0 Å². The van der Waals surface area contributed by atoms with Crippen LogP contribution < -0.4 is 10.6 Å². The first-order valence-electron chi connectivity index (χ1n) is 18.7. The third-order valence-corrected chi connectivity index (χ3v) is 9.88. The first-order valence-corrected chi connectivity index (χ1v) is 18.7. The highest BCUT2D eigenvalue weighted by Crippen LogP contribution is 2.52. The third-order valence-electron chi connectivity index (χ3n) is 9.88. The van der Waals surface area contributed by atoms with Gasteiger partial charge in [-0.1, -0.05) is 183 Å². The zero-order valence-corrected chi connectivity index (χ0v) is 30.8. The molecule has 0 unspecified atom stereocenters. The molecule has 2 aliphatic rings. The summed E-state index contributed by atoms with van der Waals surface area (Å²) in [7, 11) is 0. The molecule has 2 N–H and O–H groups in total. The molecule has 2 nitrogen and oxygen atoms in total. The van der Waals surface area contributed by atoms with Crippen molar-refractivity contribution in [3.05, 3.63) is 211 Å². The van der Waals surface area contributed by atoms with Crippen LogP contribution in [0.25, 0.3) is 49.4 Å². The highest BCUT2D eigenvalue weighted by Gasteiger charge is 2.28. The van der Waals surface area contributed by atoms with Crippen molar-refractivity contribution in [3.8, 4) is 22.3 Å². The standard InChI is InChI=1S/C36H28N2.C13H12.C2H6/c37-24-29(26-8-2-1-3-9-26)19-16-25-17-21-30(22-18-25)38-33-15-7-12-28-11-6-14-32(35(28)33)36-31-13-5-4-10-27(31)20-23-34(36)38;1-11-6-5-9-13(10-11)12-7-3-2-4-8-12;1-2/h1-17,19-21,23-24H,18,22,37H2;2-10H,1H3;1-2H3/b19-16-,29-24+;;. The number of benzene rings is 7. The van der Waals surface area contributed by atoms with Gasteiger partial charge in [0.1, 0.15) is 0 Å². The molecule has 0 amide bonds. The highest BCUT2D eigenvalue weighted by molar-refractivity contribution is 6.18. The van der Waals surface area contributed by atoms with Gasteiger partial charge in [-0.3, -0.25) is 0 Å². The Morgan fingerprint density at radius 3 is 2.02 bits per heavy atom. The minimum Gasteiger partial charge on any atom is -0.404 e. The lowest BCUT2D eigenvalue weighted by molar-refractivity contribution is 0.893. The molecule has 0 fully saturated rings. The lowest BCUT2D eigenvalue weighted by atomic mass is 9.87. The van der Waals surface area contributed by atoms with Gasteiger partial charge in [0, 0.05) is 22.8 Å². The van der Waals surface area contributed by atoms with Crippen molar-refractivity contribution in [2.75, 3.05) is 4.90 Å². The van der Waals surface area contributed by atoms with Gasteiger partial charge in [0.15, 0.2) is 0 Å². The average Bonchev–Trinajstić information content (AvgIpc) is 3.23. The van der Waals surface area contributed by atoms with Gasteiger partial charge in [0.05, 0.1) is 11.4 Å². The molecule has 7 aromatic carbocycles. The summed E-state index contributed by atoms with van der Waals surface area (Å²) in [5.41, 5.74) is 19.8. The first kappa shape index (κ1) is 35.0. The molecule has 0 atom stereocenters. The first-order chi connectivity index (χ1) is 26.2. The Labute approximate surface area is 314 Å². The second-order valence-electron chi connectivity index (χ2n) is 13.2. The fourth-order valence-electron chi connectivity index (χ4n) is 7.38. The van der Waals surface area contributed by atoms with Crippen LogP contribution in [0.4, 0.5) is 11.4 Å². The molecule has 0 spiro atoms. The Balaban J connectivity index is 0.000000244. The molecule has 0 radical (unpaired) electrons. The van der Waals surface area contributed by atoms with Crippen molar-refractivity contribution in [2.45, 2.75) is 33.6 Å². The van der Waals surface area contributed by atoms with Gasteiger partial charge >= 0.3 is 0 Å². The van der Waals surface area contributed by atoms with E-state index in [2.05, 4.69) is 170 Å². The van der Waals surface area contributed by atoms with E-state index >= 15 is 0 Å². The van der Waals surface area contributed by atoms with E-state index in [1.165, 1.54) is 72.0 Å². The summed E-state index contributed by atoms with van der Waals surface area (Å²) in [6, 6.07) is 55.9. The summed E-state index contributed by atoms with van der Waals surface area (Å²) in [5, 5.41) is 5.18. The van der Waals surface area contributed by atoms with Crippen molar-refractivity contribution < 1.29 is 0 Å². The van der Waals surface area contributed by atoms with Gasteiger partial charge < -0.3 is 10.6 Å². The average molecular weight is 687 g/mol. The monoisotopic (exact) mass is 686 g/mol. The van der Waals surface area contributed by atoms with Crippen LogP contribution in [0.3, 0.4) is 0 Å². The Kier molecular flexibility index (Phi) is 10.8. The Bertz CT molecular complexity index is 2480. The molecule has 0 bridgehead atoms. The molecule has 2 heteroatoms. The summed E-state index contributed by atoms with van der Waals surface area (Å²) in [6.45, 7) is 6.12. The van der Waals surface area contributed by atoms with E-state index in [9.17, 15) is 0 Å². The van der Waals surface area contributed by atoms with Crippen LogP contribution in [-0.2, 0) is 0 Å². The SMILES string of the molecule is CC.Cc1cccc(-c2ccccc2)c1.N/C=C(\C=C/C1=CC=C(N2c3ccc4ccccc4c3-c3cccc4cccc2c34)CC1)c1ccccc1. The zero-order valence-electron chi connectivity index (χ0n) is 30.8. The number of nitrogens with two attached hydrogens (primary N) is 1. The predicted octanol–water partition coefficient (Wildman–Crippen LogP) is 14.0. The number of nitrogens with zero attached hydrogens (tertiary/aromatic N) is 1. The van der Waals surface area contributed by atoms with E-state index in [1.54, 1.807) is 6.20 Å². The van der Waals surface area contributed by atoms with E-state index in [-0.39, 0.29) is 0 Å². The minimum atomic E-state index is 0.966. The Morgan fingerprint density at radius 2 is 1.28 bits per heavy atom. The number of fused-ring (bicyclic) bond motifs is 4. The summed E-state index contributed by atoms with van der Waals surface area (Å²) in [6.07, 6.45) is 12.5. The van der Waals surface area contributed by atoms with Gasteiger partial charge in [-0.15, -0.1) is 0 Å². The van der Waals surface area contributed by atoms with E-state index in [0.29, 0.717) is 0 Å². The van der Waals surface area contributed by atoms with Gasteiger partial charge in [-0.25, -0.2) is 0 Å². The summed E-state index contributed by atoms with van der Waals surface area (Å²) < 4.78 is 0. The zero-order chi connectivity index (χ0) is 36.6. The molecule has 260 valence electrons. The highest BCUT2D eigenvalue weighted by atomic mass is 15.2. The van der Waals surface area contributed by atoms with Crippen molar-refractivity contribution in [1.82, 2.24) is 0 Å². The predicted molar refractivity (Wildman–Crippen MR) is 230 cm³/mol. The summed E-state index contributed by atoms with van der Waals surface area (Å²) >= 11 is 0. The molecular formula is C51H46N2. The molecule has 9 rings (SSSR count). The summed E-state index contributed by atoms with van der Waals surface area (Å²) in [4.78, 5) is 2.49. The third kappa shape index (κ3) is 7.36. The number of aryl methyl sites for hydroxylation is 1. The lowest BCUT2D eigenvalue weighted by Crippen LogP contribution is -2.21. The van der Waals surface area contributed by atoms with Crippen molar-refractivity contribution in [3.63, 3.8) is 0 Å². The fraction of sp³-hybridized carbons (Fsp3) is 0.0980. The molecule has 0 saturated heterocycles. The maximum Gasteiger partial charge on any atom is 0.0543 e. The number of hydrogen-bond donors (Lipinski definition) is 1. The van der Waals surface area contributed by atoms with Crippen LogP contribution >= 0.6 is 0 Å². The minimum absolute atomic E-state index is 0.966. The van der Waals surface area contributed by atoms with Crippen molar-refractivity contribution >= 4 is 38.5 Å². The number of rotatable bonds is 5. The van der Waals surface area contributed by atoms with Crippen LogP contribution in [0, 0.1) is 6.92 Å². The van der Waals surface area contributed by atoms with E-state index in [1.807, 2.05) is 38.1 Å². The quantitative estimate of drug-likeness (QED) is 0.183. The van der Waals surface area contributed by atoms with Crippen LogP contribution in [-0.4, -0.2) is 0 Å². The molecule has 0 saturated carbocycles. The largest absolute Gasteiger partial charge is 0.404 e. The van der Waals surface area contributed by atoms with Crippen LogP contribution in [0.2, 0.25) is 0 Å². The Morgan fingerprint density at radius 1 is 0.604 bits per heavy atom. The van der Waals surface area contributed by atoms with Crippen LogP contribution in [0.15, 0.2) is 199 Å². The molecule has 1 heterocycles.